The van der Waals surface area contributed by atoms with Gasteiger partial charge in [-0.2, -0.15) is 0 Å². The summed E-state index contributed by atoms with van der Waals surface area (Å²) in [4.78, 5) is 51.8. The minimum absolute atomic E-state index is 0.281. The molecule has 3 N–H and O–H groups in total. The van der Waals surface area contributed by atoms with Gasteiger partial charge in [0.05, 0.1) is 0 Å². The Bertz CT molecular complexity index is 766. The molecular formula is C22H35N3O6. The van der Waals surface area contributed by atoms with E-state index in [0.717, 1.165) is 0 Å². The van der Waals surface area contributed by atoms with Gasteiger partial charge >= 0.3 is 12.1 Å². The first-order valence-electron chi connectivity index (χ1n) is 10.6. The second-order valence-electron chi connectivity index (χ2n) is 10.4. The highest BCUT2D eigenvalue weighted by atomic mass is 16.6. The fourth-order valence-electron chi connectivity index (χ4n) is 3.86. The first kappa shape index (κ1) is 24.7. The number of alkyl carbamates (subject to hydrolysis) is 1. The molecule has 1 aliphatic heterocycles. The van der Waals surface area contributed by atoms with Crippen LogP contribution in [0.25, 0.3) is 0 Å². The summed E-state index contributed by atoms with van der Waals surface area (Å²) in [5.74, 6) is -2.34. The molecule has 0 aromatic heterocycles. The molecule has 0 radical (unpaired) electrons. The van der Waals surface area contributed by atoms with Gasteiger partial charge in [-0.1, -0.05) is 26.8 Å². The Morgan fingerprint density at radius 3 is 2.26 bits per heavy atom. The van der Waals surface area contributed by atoms with Gasteiger partial charge in [-0.15, -0.1) is 6.58 Å². The fraction of sp³-hybridized carbons (Fsp3) is 0.727. The summed E-state index contributed by atoms with van der Waals surface area (Å²) >= 11 is 0. The lowest BCUT2D eigenvalue weighted by Crippen LogP contribution is -2.59. The summed E-state index contributed by atoms with van der Waals surface area (Å²) in [5.41, 5.74) is -2.71. The second-order valence-corrected chi connectivity index (χ2v) is 10.4. The molecule has 9 heteroatoms. The fourth-order valence-corrected chi connectivity index (χ4v) is 3.86. The quantitative estimate of drug-likeness (QED) is 0.546. The number of carbonyl (C=O) groups is 4. The van der Waals surface area contributed by atoms with Crippen LogP contribution in [0.1, 0.15) is 60.8 Å². The Morgan fingerprint density at radius 1 is 1.19 bits per heavy atom. The Morgan fingerprint density at radius 2 is 1.81 bits per heavy atom. The number of carboxylic acids is 1. The molecule has 1 saturated heterocycles. The van der Waals surface area contributed by atoms with Crippen LogP contribution in [0.4, 0.5) is 4.79 Å². The first-order chi connectivity index (χ1) is 14.1. The van der Waals surface area contributed by atoms with Crippen LogP contribution >= 0.6 is 0 Å². The summed E-state index contributed by atoms with van der Waals surface area (Å²) < 4.78 is 5.30. The van der Waals surface area contributed by atoms with Crippen molar-refractivity contribution >= 4 is 23.9 Å². The molecule has 2 fully saturated rings. The minimum Gasteiger partial charge on any atom is -0.479 e. The maximum atomic E-state index is 13.4. The van der Waals surface area contributed by atoms with Crippen LogP contribution in [0.15, 0.2) is 12.7 Å². The third-order valence-electron chi connectivity index (χ3n) is 5.64. The maximum absolute atomic E-state index is 13.4. The van der Waals surface area contributed by atoms with Crippen molar-refractivity contribution < 1.29 is 29.0 Å². The predicted molar refractivity (Wildman–Crippen MR) is 114 cm³/mol. The molecule has 31 heavy (non-hydrogen) atoms. The van der Waals surface area contributed by atoms with Gasteiger partial charge in [0.1, 0.15) is 23.2 Å². The van der Waals surface area contributed by atoms with Gasteiger partial charge in [-0.05, 0) is 45.4 Å². The molecule has 2 aliphatic rings. The highest BCUT2D eigenvalue weighted by molar-refractivity contribution is 5.96. The van der Waals surface area contributed by atoms with Crippen LogP contribution in [-0.2, 0) is 19.1 Å². The number of hydrogen-bond donors (Lipinski definition) is 3. The summed E-state index contributed by atoms with van der Waals surface area (Å²) in [6.45, 7) is 14.6. The average Bonchev–Trinajstić information content (AvgIpc) is 3.10. The summed E-state index contributed by atoms with van der Waals surface area (Å²) in [6.07, 6.45) is 2.13. The van der Waals surface area contributed by atoms with Crippen molar-refractivity contribution in [3.05, 3.63) is 12.7 Å². The van der Waals surface area contributed by atoms with Gasteiger partial charge in [0, 0.05) is 12.5 Å². The Kier molecular flexibility index (Phi) is 6.78. The van der Waals surface area contributed by atoms with Gasteiger partial charge in [-0.25, -0.2) is 9.59 Å². The van der Waals surface area contributed by atoms with E-state index < -0.39 is 52.5 Å². The van der Waals surface area contributed by atoms with Crippen LogP contribution in [0, 0.1) is 11.3 Å². The van der Waals surface area contributed by atoms with Crippen LogP contribution in [-0.4, -0.2) is 63.7 Å². The van der Waals surface area contributed by atoms with Crippen molar-refractivity contribution in [2.45, 2.75) is 84.0 Å². The van der Waals surface area contributed by atoms with E-state index in [0.29, 0.717) is 19.4 Å². The zero-order chi connectivity index (χ0) is 23.8. The van der Waals surface area contributed by atoms with Crippen molar-refractivity contribution in [1.29, 1.82) is 0 Å². The molecule has 0 bridgehead atoms. The molecule has 9 nitrogen and oxygen atoms in total. The molecule has 3 amide bonds. The molecule has 1 heterocycles. The largest absolute Gasteiger partial charge is 0.479 e. The predicted octanol–water partition coefficient (Wildman–Crippen LogP) is 2.06. The first-order valence-corrected chi connectivity index (χ1v) is 10.6. The lowest BCUT2D eigenvalue weighted by atomic mass is 9.85. The van der Waals surface area contributed by atoms with Gasteiger partial charge in [0.15, 0.2) is 0 Å². The van der Waals surface area contributed by atoms with Crippen molar-refractivity contribution in [3.8, 4) is 0 Å². The van der Waals surface area contributed by atoms with Crippen LogP contribution in [0.3, 0.4) is 0 Å². The van der Waals surface area contributed by atoms with E-state index >= 15 is 0 Å². The van der Waals surface area contributed by atoms with Gasteiger partial charge < -0.3 is 25.4 Å². The van der Waals surface area contributed by atoms with Crippen molar-refractivity contribution in [2.24, 2.45) is 11.3 Å². The third kappa shape index (κ3) is 5.57. The molecule has 0 aromatic rings. The number of rotatable bonds is 6. The summed E-state index contributed by atoms with van der Waals surface area (Å²) in [5, 5.41) is 14.8. The van der Waals surface area contributed by atoms with Crippen molar-refractivity contribution in [3.63, 3.8) is 0 Å². The molecule has 0 spiro atoms. The molecule has 2 rings (SSSR count). The Hall–Kier alpha value is -2.58. The van der Waals surface area contributed by atoms with Crippen molar-refractivity contribution in [1.82, 2.24) is 15.5 Å². The molecular weight excluding hydrogens is 402 g/mol. The lowest BCUT2D eigenvalue weighted by molar-refractivity contribution is -0.146. The van der Waals surface area contributed by atoms with E-state index in [9.17, 15) is 24.3 Å². The van der Waals surface area contributed by atoms with Gasteiger partial charge in [0.2, 0.25) is 11.8 Å². The van der Waals surface area contributed by atoms with Crippen LogP contribution in [0.2, 0.25) is 0 Å². The SMILES string of the molecule is C=CC1C[C@]1(NC(=O)[C@@H]1CCCN1C(=O)[C@@H](NC(=O)OC(C)(C)C)C(C)(C)C)C(=O)O. The Labute approximate surface area is 183 Å². The standard InChI is InChI=1S/C22H35N3O6/c1-8-13-12-22(13,18(28)29)24-16(26)14-10-9-11-25(14)17(27)15(20(2,3)4)23-19(30)31-21(5,6)7/h8,13-15H,1,9-12H2,2-7H3,(H,23,30)(H,24,26)(H,28,29)/t13?,14-,15+,22+/m0/s1. The number of nitrogens with zero attached hydrogens (tertiary/aromatic N) is 1. The van der Waals surface area contributed by atoms with E-state index in [1.165, 1.54) is 11.0 Å². The van der Waals surface area contributed by atoms with E-state index in [4.69, 9.17) is 4.74 Å². The number of carboxylic acid groups (broad SMARTS) is 1. The van der Waals surface area contributed by atoms with Crippen LogP contribution in [0.5, 0.6) is 0 Å². The molecule has 4 atom stereocenters. The molecule has 1 aliphatic carbocycles. The van der Waals surface area contributed by atoms with Crippen LogP contribution < -0.4 is 10.6 Å². The van der Waals surface area contributed by atoms with Gasteiger partial charge in [0.25, 0.3) is 0 Å². The average molecular weight is 438 g/mol. The van der Waals surface area contributed by atoms with Crippen molar-refractivity contribution in [2.75, 3.05) is 6.54 Å². The molecule has 1 unspecified atom stereocenters. The molecule has 174 valence electrons. The number of amides is 3. The topological polar surface area (TPSA) is 125 Å². The third-order valence-corrected chi connectivity index (χ3v) is 5.64. The second kappa shape index (κ2) is 8.51. The number of likely N-dealkylation sites (tertiary alicyclic amines) is 1. The minimum atomic E-state index is -1.35. The highest BCUT2D eigenvalue weighted by Gasteiger charge is 2.61. The van der Waals surface area contributed by atoms with E-state index in [-0.39, 0.29) is 12.3 Å². The number of ether oxygens (including phenoxy) is 1. The monoisotopic (exact) mass is 437 g/mol. The number of nitrogens with one attached hydrogen (secondary N) is 2. The number of hydrogen-bond acceptors (Lipinski definition) is 5. The lowest BCUT2D eigenvalue weighted by Gasteiger charge is -2.36. The molecule has 1 saturated carbocycles. The zero-order valence-corrected chi connectivity index (χ0v) is 19.3. The Balaban J connectivity index is 2.17. The maximum Gasteiger partial charge on any atom is 0.408 e. The smallest absolute Gasteiger partial charge is 0.408 e. The van der Waals surface area contributed by atoms with Gasteiger partial charge in [-0.3, -0.25) is 9.59 Å². The molecule has 0 aromatic carbocycles. The van der Waals surface area contributed by atoms with E-state index in [1.807, 2.05) is 20.8 Å². The van der Waals surface area contributed by atoms with E-state index in [2.05, 4.69) is 17.2 Å². The summed E-state index contributed by atoms with van der Waals surface area (Å²) in [7, 11) is 0. The normalized spacial score (nSPS) is 26.6. The van der Waals surface area contributed by atoms with E-state index in [1.54, 1.807) is 20.8 Å². The summed E-state index contributed by atoms with van der Waals surface area (Å²) in [6, 6.07) is -1.70. The number of carbonyl (C=O) groups excluding carboxylic acids is 3. The number of aliphatic carboxylic acids is 1. The highest BCUT2D eigenvalue weighted by Crippen LogP contribution is 2.44. The zero-order valence-electron chi connectivity index (χ0n) is 19.3.